The first-order chi connectivity index (χ1) is 28.8. The van der Waals surface area contributed by atoms with Gasteiger partial charge in [0.1, 0.15) is 6.04 Å². The Morgan fingerprint density at radius 1 is 0.814 bits per heavy atom. The smallest absolute Gasteiger partial charge is 0.243 e. The lowest BCUT2D eigenvalue weighted by atomic mass is 9.83. The third-order valence-electron chi connectivity index (χ3n) is 11.6. The van der Waals surface area contributed by atoms with Crippen LogP contribution in [0.1, 0.15) is 68.2 Å². The van der Waals surface area contributed by atoms with Crippen molar-refractivity contribution in [3.8, 4) is 0 Å². The Morgan fingerprint density at radius 2 is 1.54 bits per heavy atom. The van der Waals surface area contributed by atoms with Gasteiger partial charge in [-0.3, -0.25) is 24.1 Å². The van der Waals surface area contributed by atoms with Gasteiger partial charge in [-0.05, 0) is 47.1 Å². The number of fused-ring (bicyclic) bond motifs is 1. The van der Waals surface area contributed by atoms with Gasteiger partial charge in [-0.1, -0.05) is 105 Å². The quantitative estimate of drug-likeness (QED) is 0.0816. The van der Waals surface area contributed by atoms with Crippen molar-refractivity contribution in [2.75, 3.05) is 45.9 Å². The molecule has 4 aromatic rings. The molecule has 0 radical (unpaired) electrons. The molecule has 4 amide bonds. The predicted octanol–water partition coefficient (Wildman–Crippen LogP) is 4.59. The SMILES string of the molecule is O=C(C[C@@H](Cc1cccc2ccccc12)C(=O)N[C@@H](Cc1cscn1)C(=O)N[C@@H](CC1CCCCC1)[C@@H](O)CC(=O)NCCN1CCOCC1)NCCc1ccccc1. The number of amides is 4. The highest BCUT2D eigenvalue weighted by atomic mass is 32.1. The number of rotatable bonds is 21. The van der Waals surface area contributed by atoms with Crippen molar-refractivity contribution < 1.29 is 29.0 Å². The van der Waals surface area contributed by atoms with Crippen LogP contribution >= 0.6 is 11.3 Å². The van der Waals surface area contributed by atoms with E-state index in [1.54, 1.807) is 5.51 Å². The van der Waals surface area contributed by atoms with E-state index in [0.717, 1.165) is 67.1 Å². The molecule has 1 aliphatic carbocycles. The summed E-state index contributed by atoms with van der Waals surface area (Å²) in [7, 11) is 0. The first-order valence-corrected chi connectivity index (χ1v) is 22.2. The van der Waals surface area contributed by atoms with Crippen LogP contribution < -0.4 is 21.3 Å². The molecule has 6 rings (SSSR count). The van der Waals surface area contributed by atoms with Gasteiger partial charge in [-0.25, -0.2) is 4.98 Å². The average molecular weight is 825 g/mol. The number of aliphatic hydroxyl groups excluding tert-OH is 1. The van der Waals surface area contributed by atoms with Crippen LogP contribution in [0.25, 0.3) is 10.8 Å². The summed E-state index contributed by atoms with van der Waals surface area (Å²) in [6, 6.07) is 22.1. The van der Waals surface area contributed by atoms with Crippen LogP contribution in [0.3, 0.4) is 0 Å². The Kier molecular flexibility index (Phi) is 17.2. The van der Waals surface area contributed by atoms with Crippen LogP contribution in [0, 0.1) is 11.8 Å². The number of aliphatic hydroxyl groups is 1. The van der Waals surface area contributed by atoms with Gasteiger partial charge < -0.3 is 31.1 Å². The van der Waals surface area contributed by atoms with Gasteiger partial charge in [-0.15, -0.1) is 11.3 Å². The topological polar surface area (TPSA) is 162 Å². The molecule has 2 heterocycles. The van der Waals surface area contributed by atoms with Crippen LogP contribution in [-0.2, 0) is 43.2 Å². The van der Waals surface area contributed by atoms with Crippen LogP contribution in [0.5, 0.6) is 0 Å². The number of hydrogen-bond donors (Lipinski definition) is 5. The molecule has 3 aromatic carbocycles. The minimum Gasteiger partial charge on any atom is -0.390 e. The number of aromatic nitrogens is 1. The van der Waals surface area contributed by atoms with Gasteiger partial charge in [0.05, 0.1) is 48.9 Å². The van der Waals surface area contributed by atoms with Gasteiger partial charge in [0.2, 0.25) is 23.6 Å². The molecule has 5 N–H and O–H groups in total. The molecule has 0 spiro atoms. The number of hydrogen-bond acceptors (Lipinski definition) is 9. The highest BCUT2D eigenvalue weighted by Gasteiger charge is 2.33. The third kappa shape index (κ3) is 14.2. The maximum Gasteiger partial charge on any atom is 0.243 e. The number of nitrogens with zero attached hydrogens (tertiary/aromatic N) is 2. The van der Waals surface area contributed by atoms with Gasteiger partial charge in [0.15, 0.2) is 0 Å². The number of benzene rings is 3. The zero-order valence-electron chi connectivity index (χ0n) is 34.0. The van der Waals surface area contributed by atoms with Crippen molar-refractivity contribution in [3.05, 3.63) is 101 Å². The number of carbonyl (C=O) groups is 4. The summed E-state index contributed by atoms with van der Waals surface area (Å²) >= 11 is 1.40. The number of thiazole rings is 1. The minimum absolute atomic E-state index is 0.0709. The first kappa shape index (κ1) is 43.9. The molecule has 1 aromatic heterocycles. The molecule has 2 aliphatic rings. The fourth-order valence-corrected chi connectivity index (χ4v) is 8.86. The molecule has 2 fully saturated rings. The van der Waals surface area contributed by atoms with E-state index in [1.165, 1.54) is 11.3 Å². The van der Waals surface area contributed by atoms with Crippen LogP contribution in [0.2, 0.25) is 0 Å². The summed E-state index contributed by atoms with van der Waals surface area (Å²) < 4.78 is 5.42. The van der Waals surface area contributed by atoms with E-state index >= 15 is 0 Å². The summed E-state index contributed by atoms with van der Waals surface area (Å²) in [5, 5.41) is 27.5. The second kappa shape index (κ2) is 23.2. The van der Waals surface area contributed by atoms with Crippen molar-refractivity contribution in [3.63, 3.8) is 0 Å². The molecule has 316 valence electrons. The molecule has 59 heavy (non-hydrogen) atoms. The summed E-state index contributed by atoms with van der Waals surface area (Å²) in [5.41, 5.74) is 4.36. The van der Waals surface area contributed by atoms with E-state index in [2.05, 4.69) is 31.2 Å². The van der Waals surface area contributed by atoms with E-state index in [1.807, 2.05) is 78.2 Å². The van der Waals surface area contributed by atoms with Crippen LogP contribution in [-0.4, -0.2) is 103 Å². The number of carbonyl (C=O) groups excluding carboxylic acids is 4. The fourth-order valence-electron chi connectivity index (χ4n) is 8.29. The maximum absolute atomic E-state index is 14.5. The van der Waals surface area contributed by atoms with Crippen LogP contribution in [0.15, 0.2) is 83.7 Å². The molecule has 1 saturated carbocycles. The van der Waals surface area contributed by atoms with Crippen molar-refractivity contribution in [2.45, 2.75) is 88.8 Å². The Labute approximate surface area is 351 Å². The van der Waals surface area contributed by atoms with Gasteiger partial charge in [-0.2, -0.15) is 0 Å². The van der Waals surface area contributed by atoms with E-state index in [-0.39, 0.29) is 37.5 Å². The molecule has 1 saturated heterocycles. The normalized spacial score (nSPS) is 17.0. The van der Waals surface area contributed by atoms with Gasteiger partial charge >= 0.3 is 0 Å². The largest absolute Gasteiger partial charge is 0.390 e. The van der Waals surface area contributed by atoms with Crippen LogP contribution in [0.4, 0.5) is 0 Å². The molecule has 1 aliphatic heterocycles. The highest BCUT2D eigenvalue weighted by Crippen LogP contribution is 2.29. The van der Waals surface area contributed by atoms with Crippen molar-refractivity contribution in [2.24, 2.45) is 11.8 Å². The van der Waals surface area contributed by atoms with E-state index in [4.69, 9.17) is 4.74 Å². The lowest BCUT2D eigenvalue weighted by Gasteiger charge is -2.31. The Hall–Kier alpha value is -4.69. The summed E-state index contributed by atoms with van der Waals surface area (Å²) in [4.78, 5) is 62.0. The highest BCUT2D eigenvalue weighted by molar-refractivity contribution is 7.07. The Bertz CT molecular complexity index is 1910. The summed E-state index contributed by atoms with van der Waals surface area (Å²) in [6.07, 6.45) is 5.56. The molecule has 0 bridgehead atoms. The fraction of sp³-hybridized carbons (Fsp3) is 0.500. The van der Waals surface area contributed by atoms with E-state index in [0.29, 0.717) is 57.3 Å². The lowest BCUT2D eigenvalue weighted by molar-refractivity contribution is -0.134. The average Bonchev–Trinajstić information content (AvgIpc) is 3.77. The number of nitrogens with one attached hydrogen (secondary N) is 4. The molecule has 13 heteroatoms. The third-order valence-corrected chi connectivity index (χ3v) is 12.2. The summed E-state index contributed by atoms with van der Waals surface area (Å²) in [5.74, 6) is -1.90. The Balaban J connectivity index is 1.16. The van der Waals surface area contributed by atoms with Crippen molar-refractivity contribution in [1.29, 1.82) is 0 Å². The van der Waals surface area contributed by atoms with Crippen molar-refractivity contribution >= 4 is 45.7 Å². The predicted molar refractivity (Wildman–Crippen MR) is 231 cm³/mol. The Morgan fingerprint density at radius 3 is 2.32 bits per heavy atom. The molecule has 4 atom stereocenters. The monoisotopic (exact) mass is 824 g/mol. The standard InChI is InChI=1S/C46H60N6O6S/c53-42(30-44(55)48-20-21-52-22-24-58-25-23-52)40(26-34-12-5-2-6-13-34)50-46(57)41(29-38-31-59-32-49-38)51-45(56)37(27-36-16-9-15-35-14-7-8-17-39(35)36)28-43(54)47-19-18-33-10-3-1-4-11-33/h1,3-4,7-11,14-17,31-32,34,37,40-42,53H,2,5-6,12-13,18-30H2,(H,47,54)(H,48,55)(H,50,57)(H,51,56)/t37-,40+,41+,42+/m1/s1. The number of ether oxygens (including phenoxy) is 1. The minimum atomic E-state index is -1.13. The van der Waals surface area contributed by atoms with E-state index in [9.17, 15) is 24.3 Å². The second-order valence-corrected chi connectivity index (χ2v) is 16.7. The van der Waals surface area contributed by atoms with Gasteiger partial charge in [0, 0.05) is 50.9 Å². The molecular formula is C46H60N6O6S. The molecule has 12 nitrogen and oxygen atoms in total. The molecule has 0 unspecified atom stereocenters. The lowest BCUT2D eigenvalue weighted by Crippen LogP contribution is -2.55. The van der Waals surface area contributed by atoms with E-state index < -0.39 is 35.9 Å². The van der Waals surface area contributed by atoms with Crippen molar-refractivity contribution in [1.82, 2.24) is 31.2 Å². The zero-order valence-corrected chi connectivity index (χ0v) is 34.8. The second-order valence-electron chi connectivity index (χ2n) is 16.0. The summed E-state index contributed by atoms with van der Waals surface area (Å²) in [6.45, 7) is 4.57. The zero-order chi connectivity index (χ0) is 41.2. The van der Waals surface area contributed by atoms with Gasteiger partial charge in [0.25, 0.3) is 0 Å². The maximum atomic E-state index is 14.5. The molecular weight excluding hydrogens is 765 g/mol. The number of morpholine rings is 1. The first-order valence-electron chi connectivity index (χ1n) is 21.3.